The standard InChI is InChI=1S/C16H21N3O/c17-14-5-1-12(2-6-14)9-19-15-7-3-13(4-8-15)16-10-18-11-20-16/h3-4,7-8,10-12,14,19H,1-2,5-6,9,17H2. The molecule has 106 valence electrons. The number of benzene rings is 1. The summed E-state index contributed by atoms with van der Waals surface area (Å²) in [6, 6.07) is 8.71. The number of oxazole rings is 1. The van der Waals surface area contributed by atoms with Gasteiger partial charge in [0, 0.05) is 23.8 Å². The Balaban J connectivity index is 1.53. The molecule has 0 radical (unpaired) electrons. The van der Waals surface area contributed by atoms with Crippen LogP contribution in [0.15, 0.2) is 41.3 Å². The minimum absolute atomic E-state index is 0.424. The fraction of sp³-hybridized carbons (Fsp3) is 0.438. The topological polar surface area (TPSA) is 64.1 Å². The van der Waals surface area contributed by atoms with E-state index in [1.165, 1.54) is 19.2 Å². The zero-order valence-corrected chi connectivity index (χ0v) is 11.6. The summed E-state index contributed by atoms with van der Waals surface area (Å²) in [6.07, 6.45) is 7.99. The van der Waals surface area contributed by atoms with Crippen molar-refractivity contribution in [3.8, 4) is 11.3 Å². The van der Waals surface area contributed by atoms with Crippen molar-refractivity contribution < 1.29 is 4.42 Å². The summed E-state index contributed by atoms with van der Waals surface area (Å²) in [6.45, 7) is 1.04. The summed E-state index contributed by atoms with van der Waals surface area (Å²) in [5.74, 6) is 1.56. The number of nitrogens with one attached hydrogen (secondary N) is 1. The molecule has 0 atom stereocenters. The van der Waals surface area contributed by atoms with Crippen LogP contribution in [0.4, 0.5) is 5.69 Å². The van der Waals surface area contributed by atoms with E-state index in [1.807, 2.05) is 0 Å². The summed E-state index contributed by atoms with van der Waals surface area (Å²) < 4.78 is 5.28. The van der Waals surface area contributed by atoms with Gasteiger partial charge < -0.3 is 15.5 Å². The van der Waals surface area contributed by atoms with Crippen molar-refractivity contribution >= 4 is 5.69 Å². The highest BCUT2D eigenvalue weighted by Crippen LogP contribution is 2.24. The molecular weight excluding hydrogens is 250 g/mol. The minimum atomic E-state index is 0.424. The second-order valence-corrected chi connectivity index (χ2v) is 5.60. The number of anilines is 1. The average Bonchev–Trinajstić information content (AvgIpc) is 3.01. The first-order chi connectivity index (χ1) is 9.81. The molecule has 1 aliphatic carbocycles. The van der Waals surface area contributed by atoms with E-state index in [-0.39, 0.29) is 0 Å². The third-order valence-corrected chi connectivity index (χ3v) is 4.09. The van der Waals surface area contributed by atoms with E-state index >= 15 is 0 Å². The van der Waals surface area contributed by atoms with E-state index in [0.29, 0.717) is 6.04 Å². The van der Waals surface area contributed by atoms with E-state index < -0.39 is 0 Å². The molecule has 4 nitrogen and oxygen atoms in total. The molecule has 0 aliphatic heterocycles. The smallest absolute Gasteiger partial charge is 0.181 e. The van der Waals surface area contributed by atoms with Gasteiger partial charge in [-0.25, -0.2) is 4.98 Å². The number of nitrogens with two attached hydrogens (primary N) is 1. The summed E-state index contributed by atoms with van der Waals surface area (Å²) in [5.41, 5.74) is 8.14. The van der Waals surface area contributed by atoms with Crippen LogP contribution in [0.2, 0.25) is 0 Å². The Labute approximate surface area is 119 Å². The van der Waals surface area contributed by atoms with Crippen LogP contribution in [0.3, 0.4) is 0 Å². The molecule has 20 heavy (non-hydrogen) atoms. The normalized spacial score (nSPS) is 22.6. The Morgan fingerprint density at radius 3 is 2.55 bits per heavy atom. The van der Waals surface area contributed by atoms with Crippen LogP contribution >= 0.6 is 0 Å². The number of hydrogen-bond donors (Lipinski definition) is 2. The molecule has 0 saturated heterocycles. The number of rotatable bonds is 4. The van der Waals surface area contributed by atoms with E-state index in [2.05, 4.69) is 34.6 Å². The fourth-order valence-electron chi connectivity index (χ4n) is 2.77. The number of aromatic nitrogens is 1. The zero-order chi connectivity index (χ0) is 13.8. The lowest BCUT2D eigenvalue weighted by Crippen LogP contribution is -2.29. The maximum atomic E-state index is 5.93. The second kappa shape index (κ2) is 6.09. The molecule has 0 bridgehead atoms. The minimum Gasteiger partial charge on any atom is -0.444 e. The van der Waals surface area contributed by atoms with Crippen LogP contribution in [0.25, 0.3) is 11.3 Å². The first-order valence-corrected chi connectivity index (χ1v) is 7.29. The SMILES string of the molecule is NC1CCC(CNc2ccc(-c3cnco3)cc2)CC1. The lowest BCUT2D eigenvalue weighted by Gasteiger charge is -2.26. The molecule has 1 aromatic carbocycles. The van der Waals surface area contributed by atoms with Crippen molar-refractivity contribution in [2.45, 2.75) is 31.7 Å². The number of nitrogens with zero attached hydrogens (tertiary/aromatic N) is 1. The van der Waals surface area contributed by atoms with Crippen molar-refractivity contribution in [2.24, 2.45) is 11.7 Å². The first-order valence-electron chi connectivity index (χ1n) is 7.29. The van der Waals surface area contributed by atoms with Crippen molar-refractivity contribution in [1.29, 1.82) is 0 Å². The molecule has 1 heterocycles. The molecular formula is C16H21N3O. The quantitative estimate of drug-likeness (QED) is 0.895. The molecule has 1 aromatic heterocycles. The molecule has 1 saturated carbocycles. The second-order valence-electron chi connectivity index (χ2n) is 5.60. The van der Waals surface area contributed by atoms with Crippen LogP contribution in [0.5, 0.6) is 0 Å². The molecule has 3 rings (SSSR count). The fourth-order valence-corrected chi connectivity index (χ4v) is 2.77. The van der Waals surface area contributed by atoms with Gasteiger partial charge in [-0.3, -0.25) is 0 Å². The van der Waals surface area contributed by atoms with Gasteiger partial charge in [-0.2, -0.15) is 0 Å². The van der Waals surface area contributed by atoms with Crippen LogP contribution in [0.1, 0.15) is 25.7 Å². The Morgan fingerprint density at radius 1 is 1.15 bits per heavy atom. The average molecular weight is 271 g/mol. The molecule has 4 heteroatoms. The monoisotopic (exact) mass is 271 g/mol. The Kier molecular flexibility index (Phi) is 4.02. The number of hydrogen-bond acceptors (Lipinski definition) is 4. The van der Waals surface area contributed by atoms with Gasteiger partial charge in [0.05, 0.1) is 6.20 Å². The molecule has 3 N–H and O–H groups in total. The highest BCUT2D eigenvalue weighted by Gasteiger charge is 2.17. The largest absolute Gasteiger partial charge is 0.444 e. The summed E-state index contributed by atoms with van der Waals surface area (Å²) in [5, 5.41) is 3.51. The highest BCUT2D eigenvalue weighted by molar-refractivity contribution is 5.60. The maximum absolute atomic E-state index is 5.93. The molecule has 1 fully saturated rings. The highest BCUT2D eigenvalue weighted by atomic mass is 16.3. The van der Waals surface area contributed by atoms with Gasteiger partial charge in [0.15, 0.2) is 12.2 Å². The van der Waals surface area contributed by atoms with E-state index in [1.54, 1.807) is 6.20 Å². The maximum Gasteiger partial charge on any atom is 0.181 e. The third kappa shape index (κ3) is 3.20. The predicted molar refractivity (Wildman–Crippen MR) is 80.4 cm³/mol. The lowest BCUT2D eigenvalue weighted by atomic mass is 9.86. The van der Waals surface area contributed by atoms with Crippen LogP contribution < -0.4 is 11.1 Å². The molecule has 1 aliphatic rings. The third-order valence-electron chi connectivity index (χ3n) is 4.09. The van der Waals surface area contributed by atoms with Crippen LogP contribution in [0, 0.1) is 5.92 Å². The predicted octanol–water partition coefficient (Wildman–Crippen LogP) is 3.27. The van der Waals surface area contributed by atoms with Crippen LogP contribution in [-0.2, 0) is 0 Å². The van der Waals surface area contributed by atoms with E-state index in [9.17, 15) is 0 Å². The van der Waals surface area contributed by atoms with Crippen LogP contribution in [-0.4, -0.2) is 17.6 Å². The molecule has 0 amide bonds. The molecule has 0 spiro atoms. The van der Waals surface area contributed by atoms with Crippen molar-refractivity contribution in [3.05, 3.63) is 36.9 Å². The summed E-state index contributed by atoms with van der Waals surface area (Å²) in [7, 11) is 0. The van der Waals surface area contributed by atoms with Gasteiger partial charge in [0.2, 0.25) is 0 Å². The summed E-state index contributed by atoms with van der Waals surface area (Å²) in [4.78, 5) is 3.93. The van der Waals surface area contributed by atoms with Crippen molar-refractivity contribution in [2.75, 3.05) is 11.9 Å². The molecule has 2 aromatic rings. The van der Waals surface area contributed by atoms with Gasteiger partial charge in [0.25, 0.3) is 0 Å². The summed E-state index contributed by atoms with van der Waals surface area (Å²) >= 11 is 0. The van der Waals surface area contributed by atoms with Gasteiger partial charge in [0.1, 0.15) is 0 Å². The van der Waals surface area contributed by atoms with Crippen molar-refractivity contribution in [3.63, 3.8) is 0 Å². The Morgan fingerprint density at radius 2 is 1.90 bits per heavy atom. The Hall–Kier alpha value is -1.81. The van der Waals surface area contributed by atoms with Gasteiger partial charge >= 0.3 is 0 Å². The van der Waals surface area contributed by atoms with Gasteiger partial charge in [-0.05, 0) is 55.9 Å². The van der Waals surface area contributed by atoms with E-state index in [0.717, 1.165) is 42.3 Å². The van der Waals surface area contributed by atoms with E-state index in [4.69, 9.17) is 10.2 Å². The first kappa shape index (κ1) is 13.2. The Bertz CT molecular complexity index is 513. The van der Waals surface area contributed by atoms with Gasteiger partial charge in [-0.15, -0.1) is 0 Å². The zero-order valence-electron chi connectivity index (χ0n) is 11.6. The van der Waals surface area contributed by atoms with Crippen molar-refractivity contribution in [1.82, 2.24) is 4.98 Å². The van der Waals surface area contributed by atoms with Gasteiger partial charge in [-0.1, -0.05) is 0 Å². The lowest BCUT2D eigenvalue weighted by molar-refractivity contribution is 0.339. The molecule has 0 unspecified atom stereocenters.